The number of piperazine rings is 1. The molecule has 1 aromatic heterocycles. The molecule has 0 aliphatic carbocycles. The number of hydrogen-bond donors (Lipinski definition) is 0. The molecule has 1 amide bonds. The van der Waals surface area contributed by atoms with E-state index in [-0.39, 0.29) is 72.6 Å². The third-order valence-electron chi connectivity index (χ3n) is 9.74. The fourth-order valence-corrected chi connectivity index (χ4v) is 7.86. The highest BCUT2D eigenvalue weighted by Crippen LogP contribution is 2.42. The molecule has 8 nitrogen and oxygen atoms in total. The molecule has 3 aliphatic heterocycles. The molecule has 0 unspecified atom stereocenters. The second kappa shape index (κ2) is 12.3. The molecule has 4 heterocycles. The fourth-order valence-electron chi connectivity index (χ4n) is 7.58. The van der Waals surface area contributed by atoms with Gasteiger partial charge >= 0.3 is 6.01 Å². The SMILES string of the molecule is [C-]#[N+]C[C@H]1CN(c2nc(OC[C@@]34CCCN3C[C@H](F)C4)nc3c(F)c(-c4cccc5cccc(Cl)c45)c(F)cc23)CCN1C(=O)C=C. The van der Waals surface area contributed by atoms with Crippen molar-refractivity contribution >= 4 is 45.0 Å². The predicted molar refractivity (Wildman–Crippen MR) is 175 cm³/mol. The number of nitrogens with zero attached hydrogens (tertiary/aromatic N) is 6. The number of rotatable bonds is 7. The van der Waals surface area contributed by atoms with Crippen molar-refractivity contribution in [2.75, 3.05) is 50.8 Å². The molecule has 3 saturated heterocycles. The number of amides is 1. The number of aromatic nitrogens is 2. The first-order valence-electron chi connectivity index (χ1n) is 15.6. The molecule has 0 spiro atoms. The van der Waals surface area contributed by atoms with Gasteiger partial charge in [0.1, 0.15) is 36.0 Å². The third-order valence-corrected chi connectivity index (χ3v) is 10.1. The van der Waals surface area contributed by atoms with Gasteiger partial charge in [0.05, 0.1) is 11.1 Å². The van der Waals surface area contributed by atoms with E-state index in [1.54, 1.807) is 34.1 Å². The minimum atomic E-state index is -0.962. The number of benzene rings is 3. The van der Waals surface area contributed by atoms with Crippen LogP contribution in [0.25, 0.3) is 37.6 Å². The van der Waals surface area contributed by atoms with Crippen molar-refractivity contribution in [2.45, 2.75) is 37.0 Å². The summed E-state index contributed by atoms with van der Waals surface area (Å²) in [7, 11) is 0. The van der Waals surface area contributed by atoms with E-state index in [0.29, 0.717) is 23.4 Å². The van der Waals surface area contributed by atoms with Crippen LogP contribution in [-0.4, -0.2) is 89.3 Å². The first-order valence-corrected chi connectivity index (χ1v) is 16.0. The molecule has 0 N–H and O–H groups in total. The van der Waals surface area contributed by atoms with Gasteiger partial charge in [-0.1, -0.05) is 48.5 Å². The third kappa shape index (κ3) is 5.43. The summed E-state index contributed by atoms with van der Waals surface area (Å²) in [5.74, 6) is -1.79. The summed E-state index contributed by atoms with van der Waals surface area (Å²) in [5, 5.41) is 1.71. The standard InChI is InChI=1S/C35H32ClF3N6O2/c1-3-28(46)45-14-13-43(19-23(45)17-40-2)33-25-15-27(38)30(24-9-4-7-21-8-5-10-26(36)29(21)24)31(39)32(25)41-34(42-33)47-20-35-11-6-12-44(35)18-22(37)16-35/h3-5,7-10,15,22-23H,1,6,11-14,16-20H2/t22-,23+,35+/m1/s1. The zero-order chi connectivity index (χ0) is 32.9. The van der Waals surface area contributed by atoms with Crippen LogP contribution in [0.2, 0.25) is 5.02 Å². The molecule has 7 rings (SSSR count). The smallest absolute Gasteiger partial charge is 0.319 e. The predicted octanol–water partition coefficient (Wildman–Crippen LogP) is 6.46. The van der Waals surface area contributed by atoms with Gasteiger partial charge in [0.15, 0.2) is 5.82 Å². The van der Waals surface area contributed by atoms with Gasteiger partial charge in [-0.05, 0) is 48.5 Å². The van der Waals surface area contributed by atoms with Crippen molar-refractivity contribution in [1.82, 2.24) is 19.8 Å². The first-order chi connectivity index (χ1) is 22.7. The largest absolute Gasteiger partial charge is 0.461 e. The van der Waals surface area contributed by atoms with Crippen molar-refractivity contribution in [1.29, 1.82) is 0 Å². The van der Waals surface area contributed by atoms with Crippen LogP contribution in [0.15, 0.2) is 55.1 Å². The van der Waals surface area contributed by atoms with E-state index in [1.807, 2.05) is 12.1 Å². The molecule has 47 heavy (non-hydrogen) atoms. The van der Waals surface area contributed by atoms with Crippen molar-refractivity contribution < 1.29 is 22.7 Å². The van der Waals surface area contributed by atoms with Crippen molar-refractivity contribution in [3.63, 3.8) is 0 Å². The quantitative estimate of drug-likeness (QED) is 0.168. The zero-order valence-corrected chi connectivity index (χ0v) is 26.3. The highest BCUT2D eigenvalue weighted by molar-refractivity contribution is 6.36. The minimum Gasteiger partial charge on any atom is -0.461 e. The Bertz CT molecular complexity index is 1950. The maximum absolute atomic E-state index is 16.8. The van der Waals surface area contributed by atoms with E-state index in [2.05, 4.69) is 26.3 Å². The zero-order valence-electron chi connectivity index (χ0n) is 25.6. The summed E-state index contributed by atoms with van der Waals surface area (Å²) in [6.07, 6.45) is 2.26. The van der Waals surface area contributed by atoms with E-state index in [4.69, 9.17) is 22.9 Å². The highest BCUT2D eigenvalue weighted by Gasteiger charge is 2.49. The Labute approximate surface area is 275 Å². The van der Waals surface area contributed by atoms with Gasteiger partial charge in [-0.25, -0.2) is 19.7 Å². The van der Waals surface area contributed by atoms with Crippen LogP contribution in [0.4, 0.5) is 19.0 Å². The summed E-state index contributed by atoms with van der Waals surface area (Å²) >= 11 is 6.55. The Morgan fingerprint density at radius 3 is 2.77 bits per heavy atom. The summed E-state index contributed by atoms with van der Waals surface area (Å²) in [4.78, 5) is 30.7. The average molecular weight is 661 g/mol. The van der Waals surface area contributed by atoms with E-state index >= 15 is 8.78 Å². The van der Waals surface area contributed by atoms with Gasteiger partial charge in [-0.2, -0.15) is 9.97 Å². The summed E-state index contributed by atoms with van der Waals surface area (Å²) in [6, 6.07) is 11.0. The lowest BCUT2D eigenvalue weighted by Gasteiger charge is -2.39. The molecule has 0 bridgehead atoms. The Morgan fingerprint density at radius 2 is 1.98 bits per heavy atom. The number of hydrogen-bond acceptors (Lipinski definition) is 6. The first kappa shape index (κ1) is 31.2. The van der Waals surface area contributed by atoms with E-state index in [9.17, 15) is 9.18 Å². The molecule has 3 aliphatic rings. The normalized spacial score (nSPS) is 22.9. The molecule has 0 radical (unpaired) electrons. The van der Waals surface area contributed by atoms with E-state index in [0.717, 1.165) is 24.8 Å². The van der Waals surface area contributed by atoms with Crippen LogP contribution in [0.1, 0.15) is 19.3 Å². The minimum absolute atomic E-state index is 0.0277. The lowest BCUT2D eigenvalue weighted by molar-refractivity contribution is -0.128. The monoisotopic (exact) mass is 660 g/mol. The van der Waals surface area contributed by atoms with Crippen molar-refractivity contribution in [3.8, 4) is 17.1 Å². The molecule has 4 aromatic rings. The second-order valence-corrected chi connectivity index (χ2v) is 12.9. The maximum atomic E-state index is 16.8. The molecule has 3 fully saturated rings. The summed E-state index contributed by atoms with van der Waals surface area (Å²) < 4.78 is 53.7. The maximum Gasteiger partial charge on any atom is 0.319 e. The Morgan fingerprint density at radius 1 is 1.17 bits per heavy atom. The summed E-state index contributed by atoms with van der Waals surface area (Å²) in [5.41, 5.74) is -0.647. The van der Waals surface area contributed by atoms with Gasteiger partial charge in [0.2, 0.25) is 12.5 Å². The van der Waals surface area contributed by atoms with Crippen LogP contribution in [0.5, 0.6) is 6.01 Å². The van der Waals surface area contributed by atoms with Crippen molar-refractivity contribution in [3.05, 3.63) is 83.2 Å². The van der Waals surface area contributed by atoms with Crippen LogP contribution in [-0.2, 0) is 4.79 Å². The van der Waals surface area contributed by atoms with Gasteiger partial charge < -0.3 is 19.4 Å². The molecule has 3 aromatic carbocycles. The average Bonchev–Trinajstić information content (AvgIpc) is 3.59. The Hall–Kier alpha value is -4.40. The van der Waals surface area contributed by atoms with E-state index in [1.165, 1.54) is 12.1 Å². The van der Waals surface area contributed by atoms with E-state index < -0.39 is 29.4 Å². The van der Waals surface area contributed by atoms with Gasteiger partial charge in [0.25, 0.3) is 0 Å². The molecule has 3 atom stereocenters. The lowest BCUT2D eigenvalue weighted by atomic mass is 9.95. The second-order valence-electron chi connectivity index (χ2n) is 12.5. The Kier molecular flexibility index (Phi) is 8.18. The molecular formula is C35H32ClF3N6O2. The number of fused-ring (bicyclic) bond motifs is 3. The van der Waals surface area contributed by atoms with Crippen LogP contribution in [0, 0.1) is 18.2 Å². The molecular weight excluding hydrogens is 629 g/mol. The van der Waals surface area contributed by atoms with Crippen LogP contribution >= 0.6 is 11.6 Å². The number of carbonyl (C=O) groups excluding carboxylic acids is 1. The molecule has 242 valence electrons. The number of ether oxygens (including phenoxy) is 1. The molecule has 12 heteroatoms. The van der Waals surface area contributed by atoms with Gasteiger partial charge in [-0.3, -0.25) is 9.69 Å². The number of anilines is 1. The number of alkyl halides is 1. The number of halogens is 4. The summed E-state index contributed by atoms with van der Waals surface area (Å²) in [6.45, 7) is 13.0. The topological polar surface area (TPSA) is 66.2 Å². The fraction of sp³-hybridized carbons (Fsp3) is 0.371. The van der Waals surface area contributed by atoms with Crippen molar-refractivity contribution in [2.24, 2.45) is 0 Å². The highest BCUT2D eigenvalue weighted by atomic mass is 35.5. The van der Waals surface area contributed by atoms with Gasteiger partial charge in [0, 0.05) is 48.4 Å². The lowest BCUT2D eigenvalue weighted by Crippen LogP contribution is -2.56. The Balaban J connectivity index is 1.36. The van der Waals surface area contributed by atoms with Crippen LogP contribution < -0.4 is 9.64 Å². The van der Waals surface area contributed by atoms with Gasteiger partial charge in [-0.15, -0.1) is 0 Å². The number of carbonyl (C=O) groups is 1. The molecule has 0 saturated carbocycles. The van der Waals surface area contributed by atoms with Crippen LogP contribution in [0.3, 0.4) is 0 Å².